The van der Waals surface area contributed by atoms with Crippen LogP contribution in [0.1, 0.15) is 37.5 Å². The quantitative estimate of drug-likeness (QED) is 0.464. The van der Waals surface area contributed by atoms with Crippen LogP contribution in [-0.4, -0.2) is 28.5 Å². The molecule has 4 aromatic rings. The van der Waals surface area contributed by atoms with E-state index in [1.807, 2.05) is 31.2 Å². The third-order valence-corrected chi connectivity index (χ3v) is 6.60. The van der Waals surface area contributed by atoms with Gasteiger partial charge in [-0.1, -0.05) is 29.5 Å². The minimum absolute atomic E-state index is 0.275. The number of pyridine rings is 1. The van der Waals surface area contributed by atoms with Crippen LogP contribution >= 0.6 is 22.7 Å². The first-order valence-corrected chi connectivity index (χ1v) is 10.6. The summed E-state index contributed by atoms with van der Waals surface area (Å²) in [4.78, 5) is 35.2. The van der Waals surface area contributed by atoms with Crippen molar-refractivity contribution in [3.63, 3.8) is 0 Å². The standard InChI is InChI=1S/C20H18N4O3S2/c1-4-27-19(26)15-10(3)22-20(29-15)24-17(25)16-13(21)12-8-11-7-5-6-9(2)14(11)23-18(12)28-16/h5-8H,4,21H2,1-3H3,(H,22,24,25). The smallest absolute Gasteiger partial charge is 0.350 e. The SMILES string of the molecule is CCOC(=O)c1sc(NC(=O)c2sc3nc4c(C)cccc4cc3c2N)nc1C. The van der Waals surface area contributed by atoms with E-state index in [0.29, 0.717) is 31.1 Å². The molecule has 0 saturated carbocycles. The van der Waals surface area contributed by atoms with E-state index in [1.165, 1.54) is 11.3 Å². The van der Waals surface area contributed by atoms with Gasteiger partial charge in [0.15, 0.2) is 5.13 Å². The molecule has 7 nitrogen and oxygen atoms in total. The number of amides is 1. The van der Waals surface area contributed by atoms with E-state index in [1.54, 1.807) is 13.8 Å². The number of thiazole rings is 1. The average molecular weight is 427 g/mol. The highest BCUT2D eigenvalue weighted by Crippen LogP contribution is 2.36. The summed E-state index contributed by atoms with van der Waals surface area (Å²) in [6, 6.07) is 7.89. The monoisotopic (exact) mass is 426 g/mol. The summed E-state index contributed by atoms with van der Waals surface area (Å²) < 4.78 is 5.01. The van der Waals surface area contributed by atoms with Crippen molar-refractivity contribution in [3.05, 3.63) is 45.3 Å². The van der Waals surface area contributed by atoms with Crippen molar-refractivity contribution in [2.75, 3.05) is 17.7 Å². The third kappa shape index (κ3) is 3.43. The first-order valence-electron chi connectivity index (χ1n) is 8.93. The number of thiophene rings is 1. The number of nitrogen functional groups attached to an aromatic ring is 1. The summed E-state index contributed by atoms with van der Waals surface area (Å²) in [6.07, 6.45) is 0. The fraction of sp³-hybridized carbons (Fsp3) is 0.200. The van der Waals surface area contributed by atoms with Crippen molar-refractivity contribution in [1.82, 2.24) is 9.97 Å². The van der Waals surface area contributed by atoms with Gasteiger partial charge in [0.05, 0.1) is 23.5 Å². The van der Waals surface area contributed by atoms with Gasteiger partial charge < -0.3 is 10.5 Å². The highest BCUT2D eigenvalue weighted by Gasteiger charge is 2.21. The predicted molar refractivity (Wildman–Crippen MR) is 117 cm³/mol. The Bertz CT molecular complexity index is 1280. The maximum atomic E-state index is 12.8. The molecule has 0 spiro atoms. The second-order valence-electron chi connectivity index (χ2n) is 6.44. The lowest BCUT2D eigenvalue weighted by atomic mass is 10.1. The second-order valence-corrected chi connectivity index (χ2v) is 8.44. The molecule has 0 aliphatic rings. The van der Waals surface area contributed by atoms with Gasteiger partial charge in [-0.2, -0.15) is 0 Å². The molecule has 29 heavy (non-hydrogen) atoms. The molecule has 4 rings (SSSR count). The zero-order valence-corrected chi connectivity index (χ0v) is 17.7. The second kappa shape index (κ2) is 7.41. The number of ether oxygens (including phenoxy) is 1. The molecular formula is C20H18N4O3S2. The lowest BCUT2D eigenvalue weighted by molar-refractivity contribution is 0.0531. The molecule has 0 atom stereocenters. The number of carbonyl (C=O) groups excluding carboxylic acids is 2. The minimum atomic E-state index is -0.448. The van der Waals surface area contributed by atoms with Gasteiger partial charge in [0.25, 0.3) is 5.91 Å². The van der Waals surface area contributed by atoms with E-state index >= 15 is 0 Å². The van der Waals surface area contributed by atoms with Gasteiger partial charge >= 0.3 is 5.97 Å². The molecule has 0 aliphatic carbocycles. The molecule has 0 aliphatic heterocycles. The number of fused-ring (bicyclic) bond motifs is 2. The fourth-order valence-corrected chi connectivity index (χ4v) is 4.86. The number of benzene rings is 1. The Morgan fingerprint density at radius 2 is 1.97 bits per heavy atom. The minimum Gasteiger partial charge on any atom is -0.462 e. The summed E-state index contributed by atoms with van der Waals surface area (Å²) in [7, 11) is 0. The number of rotatable bonds is 4. The summed E-state index contributed by atoms with van der Waals surface area (Å²) in [5, 5.41) is 4.78. The number of para-hydroxylation sites is 1. The van der Waals surface area contributed by atoms with Crippen molar-refractivity contribution in [1.29, 1.82) is 0 Å². The van der Waals surface area contributed by atoms with Crippen LogP contribution in [0, 0.1) is 13.8 Å². The summed E-state index contributed by atoms with van der Waals surface area (Å²) >= 11 is 2.32. The van der Waals surface area contributed by atoms with Crippen molar-refractivity contribution in [2.45, 2.75) is 20.8 Å². The first kappa shape index (κ1) is 19.3. The molecule has 0 bridgehead atoms. The molecular weight excluding hydrogens is 408 g/mol. The van der Waals surface area contributed by atoms with Crippen LogP contribution in [0.15, 0.2) is 24.3 Å². The fourth-order valence-electron chi connectivity index (χ4n) is 3.03. The summed E-state index contributed by atoms with van der Waals surface area (Å²) in [5.74, 6) is -0.828. The maximum Gasteiger partial charge on any atom is 0.350 e. The lowest BCUT2D eigenvalue weighted by Crippen LogP contribution is -2.11. The summed E-state index contributed by atoms with van der Waals surface area (Å²) in [6.45, 7) is 5.71. The Balaban J connectivity index is 1.68. The molecule has 9 heteroatoms. The molecule has 3 aromatic heterocycles. The van der Waals surface area contributed by atoms with E-state index in [0.717, 1.165) is 33.2 Å². The number of aryl methyl sites for hydroxylation is 2. The zero-order chi connectivity index (χ0) is 20.7. The molecule has 0 saturated heterocycles. The third-order valence-electron chi connectivity index (χ3n) is 4.43. The van der Waals surface area contributed by atoms with Crippen LogP contribution in [0.2, 0.25) is 0 Å². The number of hydrogen-bond donors (Lipinski definition) is 2. The topological polar surface area (TPSA) is 107 Å². The lowest BCUT2D eigenvalue weighted by Gasteiger charge is -2.01. The number of anilines is 2. The maximum absolute atomic E-state index is 12.8. The normalized spacial score (nSPS) is 11.1. The number of aromatic nitrogens is 2. The first-order chi connectivity index (χ1) is 13.9. The van der Waals surface area contributed by atoms with E-state index in [-0.39, 0.29) is 12.5 Å². The predicted octanol–water partition coefficient (Wildman–Crippen LogP) is 4.53. The van der Waals surface area contributed by atoms with Gasteiger partial charge in [-0.15, -0.1) is 11.3 Å². The molecule has 1 aromatic carbocycles. The summed E-state index contributed by atoms with van der Waals surface area (Å²) in [5.41, 5.74) is 9.11. The van der Waals surface area contributed by atoms with Gasteiger partial charge in [-0.3, -0.25) is 10.1 Å². The van der Waals surface area contributed by atoms with E-state index in [9.17, 15) is 9.59 Å². The van der Waals surface area contributed by atoms with E-state index < -0.39 is 5.97 Å². The number of carbonyl (C=O) groups is 2. The van der Waals surface area contributed by atoms with Gasteiger partial charge in [0.1, 0.15) is 14.6 Å². The zero-order valence-electron chi connectivity index (χ0n) is 16.0. The van der Waals surface area contributed by atoms with Crippen molar-refractivity contribution in [2.24, 2.45) is 0 Å². The Hall–Kier alpha value is -3.04. The highest BCUT2D eigenvalue weighted by molar-refractivity contribution is 7.21. The van der Waals surface area contributed by atoms with Gasteiger partial charge in [0.2, 0.25) is 0 Å². The molecule has 148 valence electrons. The van der Waals surface area contributed by atoms with Crippen LogP contribution in [0.4, 0.5) is 10.8 Å². The van der Waals surface area contributed by atoms with Gasteiger partial charge in [-0.05, 0) is 32.4 Å². The Labute approximate surface area is 174 Å². The molecule has 3 N–H and O–H groups in total. The van der Waals surface area contributed by atoms with Crippen molar-refractivity contribution in [3.8, 4) is 0 Å². The Morgan fingerprint density at radius 3 is 2.72 bits per heavy atom. The van der Waals surface area contributed by atoms with Crippen molar-refractivity contribution < 1.29 is 14.3 Å². The van der Waals surface area contributed by atoms with E-state index in [2.05, 4.69) is 10.3 Å². The number of nitrogens with zero attached hydrogens (tertiary/aromatic N) is 2. The number of nitrogens with one attached hydrogen (secondary N) is 1. The molecule has 1 amide bonds. The van der Waals surface area contributed by atoms with Crippen LogP contribution in [0.3, 0.4) is 0 Å². The number of nitrogens with two attached hydrogens (primary N) is 1. The van der Waals surface area contributed by atoms with Crippen molar-refractivity contribution >= 4 is 66.5 Å². The largest absolute Gasteiger partial charge is 0.462 e. The van der Waals surface area contributed by atoms with E-state index in [4.69, 9.17) is 15.5 Å². The molecule has 0 fully saturated rings. The Morgan fingerprint density at radius 1 is 1.17 bits per heavy atom. The van der Waals surface area contributed by atoms with Crippen LogP contribution in [-0.2, 0) is 4.74 Å². The van der Waals surface area contributed by atoms with Crippen LogP contribution < -0.4 is 11.1 Å². The van der Waals surface area contributed by atoms with Gasteiger partial charge in [0, 0.05) is 10.8 Å². The Kier molecular flexibility index (Phi) is 4.93. The number of esters is 1. The molecule has 0 unspecified atom stereocenters. The van der Waals surface area contributed by atoms with Gasteiger partial charge in [-0.25, -0.2) is 14.8 Å². The van der Waals surface area contributed by atoms with Crippen LogP contribution in [0.25, 0.3) is 21.1 Å². The van der Waals surface area contributed by atoms with Crippen LogP contribution in [0.5, 0.6) is 0 Å². The molecule has 0 radical (unpaired) electrons. The molecule has 3 heterocycles. The highest BCUT2D eigenvalue weighted by atomic mass is 32.1. The number of hydrogen-bond acceptors (Lipinski definition) is 8. The average Bonchev–Trinajstić information content (AvgIpc) is 3.21.